The van der Waals surface area contributed by atoms with Gasteiger partial charge in [-0.05, 0) is 46.6 Å². The molecule has 0 aliphatic rings. The van der Waals surface area contributed by atoms with Crippen molar-refractivity contribution in [1.29, 1.82) is 0 Å². The van der Waals surface area contributed by atoms with E-state index in [1.807, 2.05) is 6.07 Å². The predicted octanol–water partition coefficient (Wildman–Crippen LogP) is 2.24. The lowest BCUT2D eigenvalue weighted by molar-refractivity contribution is 0.199. The molecule has 0 amide bonds. The number of halogens is 1. The van der Waals surface area contributed by atoms with Gasteiger partial charge in [-0.15, -0.1) is 0 Å². The van der Waals surface area contributed by atoms with Gasteiger partial charge in [-0.25, -0.2) is 0 Å². The molecule has 0 atom stereocenters. The highest BCUT2D eigenvalue weighted by Gasteiger charge is 2.00. The topological polar surface area (TPSA) is 30.5 Å². The summed E-state index contributed by atoms with van der Waals surface area (Å²) in [6.07, 6.45) is 1.01. The second-order valence-electron chi connectivity index (χ2n) is 3.46. The van der Waals surface area contributed by atoms with Crippen LogP contribution in [-0.2, 0) is 11.2 Å². The molecule has 0 fully saturated rings. The van der Waals surface area contributed by atoms with E-state index >= 15 is 0 Å². The normalized spacial score (nSPS) is 10.4. The third-order valence-electron chi connectivity index (χ3n) is 2.29. The highest BCUT2D eigenvalue weighted by Crippen LogP contribution is 2.25. The molecule has 0 spiro atoms. The van der Waals surface area contributed by atoms with Crippen LogP contribution in [-0.4, -0.2) is 33.9 Å². The van der Waals surface area contributed by atoms with Crippen LogP contribution in [0.15, 0.2) is 22.7 Å². The van der Waals surface area contributed by atoms with Crippen LogP contribution in [0.25, 0.3) is 0 Å². The van der Waals surface area contributed by atoms with Crippen molar-refractivity contribution >= 4 is 15.9 Å². The first-order chi connectivity index (χ1) is 7.77. The van der Waals surface area contributed by atoms with Crippen LogP contribution in [0.5, 0.6) is 5.75 Å². The fourth-order valence-electron chi connectivity index (χ4n) is 1.40. The van der Waals surface area contributed by atoms with Crippen molar-refractivity contribution in [3.05, 3.63) is 28.2 Å². The van der Waals surface area contributed by atoms with Gasteiger partial charge in [0.05, 0.1) is 18.2 Å². The Morgan fingerprint density at radius 2 is 2.06 bits per heavy atom. The summed E-state index contributed by atoms with van der Waals surface area (Å²) in [5.41, 5.74) is 1.29. The summed E-state index contributed by atoms with van der Waals surface area (Å²) in [6, 6.07) is 6.16. The van der Waals surface area contributed by atoms with Gasteiger partial charge in [0.2, 0.25) is 0 Å². The molecule has 1 rings (SSSR count). The Morgan fingerprint density at radius 1 is 1.25 bits per heavy atom. The average molecular weight is 288 g/mol. The number of ether oxygens (including phenoxy) is 2. The van der Waals surface area contributed by atoms with E-state index in [1.165, 1.54) is 5.56 Å². The molecule has 0 heterocycles. The lowest BCUT2D eigenvalue weighted by Gasteiger charge is -2.07. The Balaban J connectivity index is 2.34. The van der Waals surface area contributed by atoms with Crippen molar-refractivity contribution in [2.45, 2.75) is 6.42 Å². The molecule has 90 valence electrons. The summed E-state index contributed by atoms with van der Waals surface area (Å²) in [5.74, 6) is 0.871. The largest absolute Gasteiger partial charge is 0.496 e. The summed E-state index contributed by atoms with van der Waals surface area (Å²) in [4.78, 5) is 0. The van der Waals surface area contributed by atoms with Crippen molar-refractivity contribution in [3.63, 3.8) is 0 Å². The molecule has 4 heteroatoms. The van der Waals surface area contributed by atoms with Gasteiger partial charge in [0.15, 0.2) is 0 Å². The van der Waals surface area contributed by atoms with Gasteiger partial charge in [-0.2, -0.15) is 0 Å². The first-order valence-corrected chi connectivity index (χ1v) is 6.09. The fourth-order valence-corrected chi connectivity index (χ4v) is 1.99. The Labute approximate surface area is 105 Å². The molecule has 0 aromatic heterocycles. The minimum Gasteiger partial charge on any atom is -0.496 e. The maximum Gasteiger partial charge on any atom is 0.133 e. The molecule has 3 nitrogen and oxygen atoms in total. The van der Waals surface area contributed by atoms with E-state index in [2.05, 4.69) is 33.4 Å². The molecule has 0 aliphatic carbocycles. The van der Waals surface area contributed by atoms with Crippen LogP contribution in [0.4, 0.5) is 0 Å². The number of hydrogen-bond acceptors (Lipinski definition) is 3. The maximum absolute atomic E-state index is 5.18. The van der Waals surface area contributed by atoms with Crippen molar-refractivity contribution in [2.24, 2.45) is 0 Å². The molecule has 1 aromatic carbocycles. The molecular weight excluding hydrogens is 270 g/mol. The summed E-state index contributed by atoms with van der Waals surface area (Å²) >= 11 is 3.48. The van der Waals surface area contributed by atoms with Crippen LogP contribution >= 0.6 is 15.9 Å². The lowest BCUT2D eigenvalue weighted by atomic mass is 10.1. The fraction of sp³-hybridized carbons (Fsp3) is 0.500. The summed E-state index contributed by atoms with van der Waals surface area (Å²) in [6.45, 7) is 2.61. The standard InChI is InChI=1S/C12H18BrNO2/c1-15-8-7-14-6-5-10-3-4-12(16-2)11(13)9-10/h3-4,9,14H,5-8H2,1-2H3. The number of nitrogens with one attached hydrogen (secondary N) is 1. The van der Waals surface area contributed by atoms with E-state index in [9.17, 15) is 0 Å². The number of rotatable bonds is 7. The maximum atomic E-state index is 5.18. The highest BCUT2D eigenvalue weighted by molar-refractivity contribution is 9.10. The van der Waals surface area contributed by atoms with E-state index < -0.39 is 0 Å². The van der Waals surface area contributed by atoms with E-state index in [4.69, 9.17) is 9.47 Å². The van der Waals surface area contributed by atoms with Crippen LogP contribution in [0.1, 0.15) is 5.56 Å². The highest BCUT2D eigenvalue weighted by atomic mass is 79.9. The van der Waals surface area contributed by atoms with Crippen molar-refractivity contribution < 1.29 is 9.47 Å². The Bertz CT molecular complexity index is 318. The molecule has 0 saturated carbocycles. The molecular formula is C12H18BrNO2. The zero-order valence-electron chi connectivity index (χ0n) is 9.75. The molecule has 1 N–H and O–H groups in total. The van der Waals surface area contributed by atoms with E-state index in [-0.39, 0.29) is 0 Å². The smallest absolute Gasteiger partial charge is 0.133 e. The Hall–Kier alpha value is -0.580. The van der Waals surface area contributed by atoms with Gasteiger partial charge in [0, 0.05) is 13.7 Å². The predicted molar refractivity (Wildman–Crippen MR) is 69.1 cm³/mol. The van der Waals surface area contributed by atoms with Gasteiger partial charge in [0.1, 0.15) is 5.75 Å². The molecule has 0 saturated heterocycles. The van der Waals surface area contributed by atoms with Gasteiger partial charge in [-0.1, -0.05) is 6.07 Å². The summed E-state index contributed by atoms with van der Waals surface area (Å²) in [5, 5.41) is 3.31. The van der Waals surface area contributed by atoms with E-state index in [0.717, 1.165) is 36.3 Å². The zero-order chi connectivity index (χ0) is 11.8. The minimum atomic E-state index is 0.756. The second-order valence-corrected chi connectivity index (χ2v) is 4.32. The molecule has 1 aromatic rings. The summed E-state index contributed by atoms with van der Waals surface area (Å²) in [7, 11) is 3.38. The van der Waals surface area contributed by atoms with Crippen LogP contribution in [0.2, 0.25) is 0 Å². The Kier molecular flexibility index (Phi) is 6.45. The number of methoxy groups -OCH3 is 2. The monoisotopic (exact) mass is 287 g/mol. The minimum absolute atomic E-state index is 0.756. The van der Waals surface area contributed by atoms with Gasteiger partial charge in [-0.3, -0.25) is 0 Å². The van der Waals surface area contributed by atoms with Crippen LogP contribution in [0.3, 0.4) is 0 Å². The third-order valence-corrected chi connectivity index (χ3v) is 2.91. The SMILES string of the molecule is COCCNCCc1ccc(OC)c(Br)c1. The second kappa shape index (κ2) is 7.65. The van der Waals surface area contributed by atoms with Gasteiger partial charge < -0.3 is 14.8 Å². The van der Waals surface area contributed by atoms with Gasteiger partial charge in [0.25, 0.3) is 0 Å². The van der Waals surface area contributed by atoms with Gasteiger partial charge >= 0.3 is 0 Å². The molecule has 0 aliphatic heterocycles. The third kappa shape index (κ3) is 4.51. The van der Waals surface area contributed by atoms with Crippen molar-refractivity contribution in [1.82, 2.24) is 5.32 Å². The van der Waals surface area contributed by atoms with Crippen LogP contribution < -0.4 is 10.1 Å². The lowest BCUT2D eigenvalue weighted by Crippen LogP contribution is -2.21. The van der Waals surface area contributed by atoms with E-state index in [0.29, 0.717) is 0 Å². The zero-order valence-corrected chi connectivity index (χ0v) is 11.3. The van der Waals surface area contributed by atoms with Crippen molar-refractivity contribution in [3.8, 4) is 5.75 Å². The molecule has 0 unspecified atom stereocenters. The van der Waals surface area contributed by atoms with E-state index in [1.54, 1.807) is 14.2 Å². The molecule has 0 bridgehead atoms. The Morgan fingerprint density at radius 3 is 2.69 bits per heavy atom. The molecule has 0 radical (unpaired) electrons. The number of benzene rings is 1. The van der Waals surface area contributed by atoms with Crippen LogP contribution in [0, 0.1) is 0 Å². The first-order valence-electron chi connectivity index (χ1n) is 5.30. The first kappa shape index (κ1) is 13.5. The molecule has 16 heavy (non-hydrogen) atoms. The quantitative estimate of drug-likeness (QED) is 0.781. The summed E-state index contributed by atoms with van der Waals surface area (Å²) < 4.78 is 11.1. The average Bonchev–Trinajstić information content (AvgIpc) is 2.29. The number of hydrogen-bond donors (Lipinski definition) is 1. The van der Waals surface area contributed by atoms with Crippen molar-refractivity contribution in [2.75, 3.05) is 33.9 Å².